The highest BCUT2D eigenvalue weighted by Crippen LogP contribution is 2.31. The fourth-order valence-electron chi connectivity index (χ4n) is 2.35. The zero-order valence-corrected chi connectivity index (χ0v) is 12.1. The van der Waals surface area contributed by atoms with Gasteiger partial charge in [-0.1, -0.05) is 0 Å². The lowest BCUT2D eigenvalue weighted by Crippen LogP contribution is -2.38. The standard InChI is InChI=1S/C14H16N4O3/c1-7-6-15-11-9(10(7)16-12(19)8-4-5-8)13(20)18(3)14(21)17(11)2/h6,8H,4-5H2,1-3H3,(H,15,16,19). The first-order valence-corrected chi connectivity index (χ1v) is 6.78. The van der Waals surface area contributed by atoms with E-state index in [2.05, 4.69) is 10.3 Å². The Hall–Kier alpha value is -2.44. The van der Waals surface area contributed by atoms with Gasteiger partial charge in [-0.2, -0.15) is 0 Å². The van der Waals surface area contributed by atoms with E-state index in [4.69, 9.17) is 0 Å². The highest BCUT2D eigenvalue weighted by molar-refractivity contribution is 6.02. The minimum atomic E-state index is -0.449. The van der Waals surface area contributed by atoms with Crippen molar-refractivity contribution in [1.82, 2.24) is 14.1 Å². The number of carbonyl (C=O) groups excluding carboxylic acids is 1. The number of nitrogens with one attached hydrogen (secondary N) is 1. The molecule has 2 heterocycles. The maximum absolute atomic E-state index is 12.4. The molecule has 0 bridgehead atoms. The molecule has 1 aliphatic carbocycles. The summed E-state index contributed by atoms with van der Waals surface area (Å²) < 4.78 is 2.33. The largest absolute Gasteiger partial charge is 0.332 e. The van der Waals surface area contributed by atoms with Crippen LogP contribution < -0.4 is 16.6 Å². The van der Waals surface area contributed by atoms with Gasteiger partial charge in [-0.15, -0.1) is 0 Å². The Bertz CT molecular complexity index is 874. The van der Waals surface area contributed by atoms with Gasteiger partial charge in [0.1, 0.15) is 5.39 Å². The summed E-state index contributed by atoms with van der Waals surface area (Å²) in [5, 5.41) is 3.09. The Morgan fingerprint density at radius 2 is 1.95 bits per heavy atom. The molecular weight excluding hydrogens is 272 g/mol. The van der Waals surface area contributed by atoms with E-state index < -0.39 is 11.2 Å². The predicted molar refractivity (Wildman–Crippen MR) is 78.3 cm³/mol. The zero-order valence-electron chi connectivity index (χ0n) is 12.1. The number of pyridine rings is 1. The summed E-state index contributed by atoms with van der Waals surface area (Å²) in [6.07, 6.45) is 3.32. The Balaban J connectivity index is 2.32. The Kier molecular flexibility index (Phi) is 2.93. The van der Waals surface area contributed by atoms with E-state index in [1.165, 1.54) is 11.6 Å². The summed E-state index contributed by atoms with van der Waals surface area (Å²) in [5.74, 6) is -0.0505. The van der Waals surface area contributed by atoms with Crippen LogP contribution in [0.3, 0.4) is 0 Å². The van der Waals surface area contributed by atoms with Gasteiger partial charge in [-0.05, 0) is 25.3 Å². The van der Waals surface area contributed by atoms with Crippen LogP contribution in [-0.2, 0) is 18.9 Å². The first kappa shape index (κ1) is 13.5. The van der Waals surface area contributed by atoms with Crippen LogP contribution in [0.15, 0.2) is 15.8 Å². The summed E-state index contributed by atoms with van der Waals surface area (Å²) in [5.41, 5.74) is 0.541. The van der Waals surface area contributed by atoms with Crippen molar-refractivity contribution < 1.29 is 4.79 Å². The average molecular weight is 288 g/mol. The SMILES string of the molecule is Cc1cnc2c(c1NC(=O)C1CC1)c(=O)n(C)c(=O)n2C. The lowest BCUT2D eigenvalue weighted by atomic mass is 10.2. The normalized spacial score (nSPS) is 14.4. The molecule has 7 nitrogen and oxygen atoms in total. The second kappa shape index (κ2) is 4.54. The third-order valence-corrected chi connectivity index (χ3v) is 3.85. The number of anilines is 1. The van der Waals surface area contributed by atoms with Crippen LogP contribution in [0.25, 0.3) is 11.0 Å². The molecule has 21 heavy (non-hydrogen) atoms. The quantitative estimate of drug-likeness (QED) is 0.860. The molecule has 0 spiro atoms. The van der Waals surface area contributed by atoms with Crippen molar-refractivity contribution in [3.63, 3.8) is 0 Å². The maximum Gasteiger partial charge on any atom is 0.332 e. The highest BCUT2D eigenvalue weighted by atomic mass is 16.2. The topological polar surface area (TPSA) is 86.0 Å². The summed E-state index contributed by atoms with van der Waals surface area (Å²) in [4.78, 5) is 40.5. The number of hydrogen-bond acceptors (Lipinski definition) is 4. The lowest BCUT2D eigenvalue weighted by molar-refractivity contribution is -0.117. The molecule has 1 aliphatic rings. The van der Waals surface area contributed by atoms with Crippen LogP contribution in [0.5, 0.6) is 0 Å². The van der Waals surface area contributed by atoms with Gasteiger partial charge in [-0.25, -0.2) is 9.78 Å². The van der Waals surface area contributed by atoms with Crippen LogP contribution in [0.4, 0.5) is 5.69 Å². The van der Waals surface area contributed by atoms with Gasteiger partial charge in [0, 0.05) is 26.2 Å². The number of rotatable bonds is 2. The van der Waals surface area contributed by atoms with Crippen LogP contribution in [0.1, 0.15) is 18.4 Å². The molecule has 0 aliphatic heterocycles. The second-order valence-corrected chi connectivity index (χ2v) is 5.48. The molecule has 1 amide bonds. The first-order valence-electron chi connectivity index (χ1n) is 6.78. The van der Waals surface area contributed by atoms with E-state index in [-0.39, 0.29) is 22.9 Å². The van der Waals surface area contributed by atoms with E-state index in [1.807, 2.05) is 0 Å². The minimum Gasteiger partial charge on any atom is -0.325 e. The smallest absolute Gasteiger partial charge is 0.325 e. The summed E-state index contributed by atoms with van der Waals surface area (Å²) >= 11 is 0. The average Bonchev–Trinajstić information content (AvgIpc) is 3.29. The molecule has 0 aromatic carbocycles. The number of nitrogens with zero attached hydrogens (tertiary/aromatic N) is 3. The van der Waals surface area contributed by atoms with Gasteiger partial charge >= 0.3 is 5.69 Å². The van der Waals surface area contributed by atoms with E-state index in [1.54, 1.807) is 20.2 Å². The Morgan fingerprint density at radius 3 is 2.57 bits per heavy atom. The van der Waals surface area contributed by atoms with E-state index in [0.717, 1.165) is 17.4 Å². The summed E-state index contributed by atoms with van der Waals surface area (Å²) in [7, 11) is 2.97. The van der Waals surface area contributed by atoms with E-state index in [0.29, 0.717) is 11.3 Å². The van der Waals surface area contributed by atoms with Gasteiger partial charge in [0.05, 0.1) is 5.69 Å². The number of hydrogen-bond donors (Lipinski definition) is 1. The molecule has 0 unspecified atom stereocenters. The molecule has 110 valence electrons. The van der Waals surface area contributed by atoms with Crippen LogP contribution in [-0.4, -0.2) is 20.0 Å². The van der Waals surface area contributed by atoms with Crippen LogP contribution in [0, 0.1) is 12.8 Å². The molecule has 0 atom stereocenters. The molecule has 2 aromatic heterocycles. The van der Waals surface area contributed by atoms with Gasteiger partial charge < -0.3 is 5.32 Å². The van der Waals surface area contributed by atoms with Crippen molar-refractivity contribution in [3.05, 3.63) is 32.6 Å². The summed E-state index contributed by atoms with van der Waals surface area (Å²) in [6.45, 7) is 1.78. The van der Waals surface area contributed by atoms with Gasteiger partial charge in [0.2, 0.25) is 5.91 Å². The molecule has 0 saturated heterocycles. The molecule has 0 radical (unpaired) electrons. The van der Waals surface area contributed by atoms with Crippen LogP contribution >= 0.6 is 0 Å². The van der Waals surface area contributed by atoms with Crippen molar-refractivity contribution in [2.75, 3.05) is 5.32 Å². The van der Waals surface area contributed by atoms with Crippen molar-refractivity contribution in [1.29, 1.82) is 0 Å². The molecule has 1 fully saturated rings. The molecule has 2 aromatic rings. The van der Waals surface area contributed by atoms with Crippen molar-refractivity contribution in [2.24, 2.45) is 20.0 Å². The Morgan fingerprint density at radius 1 is 1.29 bits per heavy atom. The van der Waals surface area contributed by atoms with Gasteiger partial charge in [0.15, 0.2) is 5.65 Å². The number of carbonyl (C=O) groups is 1. The number of aryl methyl sites for hydroxylation is 2. The minimum absolute atomic E-state index is 0.0315. The molecule has 1 N–H and O–H groups in total. The zero-order chi connectivity index (χ0) is 15.3. The maximum atomic E-state index is 12.4. The number of fused-ring (bicyclic) bond motifs is 1. The van der Waals surface area contributed by atoms with Crippen molar-refractivity contribution in [2.45, 2.75) is 19.8 Å². The fraction of sp³-hybridized carbons (Fsp3) is 0.429. The highest BCUT2D eigenvalue weighted by Gasteiger charge is 2.30. The van der Waals surface area contributed by atoms with Crippen molar-refractivity contribution >= 4 is 22.6 Å². The fourth-order valence-corrected chi connectivity index (χ4v) is 2.35. The molecular formula is C14H16N4O3. The number of aromatic nitrogens is 3. The molecule has 3 rings (SSSR count). The third kappa shape index (κ3) is 2.05. The van der Waals surface area contributed by atoms with Gasteiger partial charge in [-0.3, -0.25) is 18.7 Å². The first-order chi connectivity index (χ1) is 9.91. The molecule has 7 heteroatoms. The third-order valence-electron chi connectivity index (χ3n) is 3.85. The van der Waals surface area contributed by atoms with E-state index >= 15 is 0 Å². The summed E-state index contributed by atoms with van der Waals surface area (Å²) in [6, 6.07) is 0. The monoisotopic (exact) mass is 288 g/mol. The van der Waals surface area contributed by atoms with Gasteiger partial charge in [0.25, 0.3) is 5.56 Å². The lowest BCUT2D eigenvalue weighted by Gasteiger charge is -2.13. The Labute approximate surface area is 120 Å². The predicted octanol–water partition coefficient (Wildman–Crippen LogP) is 0.289. The van der Waals surface area contributed by atoms with Crippen molar-refractivity contribution in [3.8, 4) is 0 Å². The van der Waals surface area contributed by atoms with Crippen LogP contribution in [0.2, 0.25) is 0 Å². The second-order valence-electron chi connectivity index (χ2n) is 5.48. The number of amides is 1. The molecule has 1 saturated carbocycles. The van der Waals surface area contributed by atoms with E-state index in [9.17, 15) is 14.4 Å².